The van der Waals surface area contributed by atoms with Crippen molar-refractivity contribution in [1.82, 2.24) is 9.80 Å². The molecule has 0 radical (unpaired) electrons. The standard InChI is InChI=1S/C20H29BrN2O3/c1-13(25)23-11-14(12-24)17(22(5)19(26)20(2,3)4)10-18(23)15-8-6-7-9-16(15)21/h6-9,14,17-18,24H,10-12H2,1-5H3/t14-,17-,18-/m0/s1. The Morgan fingerprint density at radius 3 is 2.42 bits per heavy atom. The predicted molar refractivity (Wildman–Crippen MR) is 105 cm³/mol. The van der Waals surface area contributed by atoms with Crippen molar-refractivity contribution in [1.29, 1.82) is 0 Å². The first-order valence-electron chi connectivity index (χ1n) is 8.97. The summed E-state index contributed by atoms with van der Waals surface area (Å²) < 4.78 is 0.947. The van der Waals surface area contributed by atoms with Gasteiger partial charge < -0.3 is 14.9 Å². The summed E-state index contributed by atoms with van der Waals surface area (Å²) in [5, 5.41) is 9.92. The summed E-state index contributed by atoms with van der Waals surface area (Å²) in [5.41, 5.74) is 0.538. The highest BCUT2D eigenvalue weighted by molar-refractivity contribution is 9.10. The van der Waals surface area contributed by atoms with Crippen LogP contribution in [0.25, 0.3) is 0 Å². The van der Waals surface area contributed by atoms with E-state index in [9.17, 15) is 14.7 Å². The van der Waals surface area contributed by atoms with E-state index in [1.54, 1.807) is 18.9 Å². The average molecular weight is 425 g/mol. The molecule has 0 unspecified atom stereocenters. The van der Waals surface area contributed by atoms with E-state index in [1.165, 1.54) is 0 Å². The van der Waals surface area contributed by atoms with E-state index in [0.29, 0.717) is 13.0 Å². The van der Waals surface area contributed by atoms with Gasteiger partial charge in [-0.2, -0.15) is 0 Å². The monoisotopic (exact) mass is 424 g/mol. The summed E-state index contributed by atoms with van der Waals surface area (Å²) >= 11 is 3.59. The van der Waals surface area contributed by atoms with Crippen molar-refractivity contribution < 1.29 is 14.7 Å². The molecular formula is C20H29BrN2O3. The maximum Gasteiger partial charge on any atom is 0.227 e. The number of piperidine rings is 1. The Kier molecular flexibility index (Phi) is 6.51. The van der Waals surface area contributed by atoms with Crippen molar-refractivity contribution in [2.24, 2.45) is 11.3 Å². The van der Waals surface area contributed by atoms with Gasteiger partial charge in [-0.25, -0.2) is 0 Å². The Balaban J connectivity index is 2.40. The SMILES string of the molecule is CC(=O)N1C[C@@H](CO)[C@@H](N(C)C(=O)C(C)(C)C)C[C@H]1c1ccccc1Br. The second-order valence-electron chi connectivity index (χ2n) is 8.12. The van der Waals surface area contributed by atoms with Gasteiger partial charge in [0.1, 0.15) is 0 Å². The van der Waals surface area contributed by atoms with E-state index in [0.717, 1.165) is 10.0 Å². The molecule has 144 valence electrons. The Morgan fingerprint density at radius 2 is 1.92 bits per heavy atom. The van der Waals surface area contributed by atoms with Gasteiger partial charge in [-0.05, 0) is 18.1 Å². The Morgan fingerprint density at radius 1 is 1.31 bits per heavy atom. The molecule has 1 aromatic carbocycles. The molecule has 1 heterocycles. The van der Waals surface area contributed by atoms with Crippen LogP contribution in [0.5, 0.6) is 0 Å². The molecule has 6 heteroatoms. The second kappa shape index (κ2) is 8.09. The van der Waals surface area contributed by atoms with Gasteiger partial charge in [-0.15, -0.1) is 0 Å². The molecule has 5 nitrogen and oxygen atoms in total. The highest BCUT2D eigenvalue weighted by atomic mass is 79.9. The van der Waals surface area contributed by atoms with Gasteiger partial charge in [-0.1, -0.05) is 54.9 Å². The van der Waals surface area contributed by atoms with Crippen molar-refractivity contribution in [2.45, 2.75) is 46.2 Å². The highest BCUT2D eigenvalue weighted by Crippen LogP contribution is 2.39. The predicted octanol–water partition coefficient (Wildman–Crippen LogP) is 3.22. The van der Waals surface area contributed by atoms with Crippen molar-refractivity contribution in [2.75, 3.05) is 20.2 Å². The number of hydrogen-bond donors (Lipinski definition) is 1. The van der Waals surface area contributed by atoms with E-state index in [-0.39, 0.29) is 36.4 Å². The minimum Gasteiger partial charge on any atom is -0.396 e. The van der Waals surface area contributed by atoms with Crippen molar-refractivity contribution in [3.8, 4) is 0 Å². The van der Waals surface area contributed by atoms with Crippen LogP contribution in [0.2, 0.25) is 0 Å². The number of amides is 2. The van der Waals surface area contributed by atoms with E-state index in [2.05, 4.69) is 15.9 Å². The van der Waals surface area contributed by atoms with Crippen LogP contribution in [0.4, 0.5) is 0 Å². The molecule has 0 aromatic heterocycles. The van der Waals surface area contributed by atoms with Crippen LogP contribution in [0.1, 0.15) is 45.7 Å². The molecule has 2 amide bonds. The lowest BCUT2D eigenvalue weighted by molar-refractivity contribution is -0.146. The summed E-state index contributed by atoms with van der Waals surface area (Å²) in [6.45, 7) is 7.63. The first-order valence-corrected chi connectivity index (χ1v) is 9.77. The first-order chi connectivity index (χ1) is 12.1. The lowest BCUT2D eigenvalue weighted by Gasteiger charge is -2.47. The van der Waals surface area contributed by atoms with Crippen molar-refractivity contribution in [3.63, 3.8) is 0 Å². The van der Waals surface area contributed by atoms with E-state index in [1.807, 2.05) is 49.9 Å². The van der Waals surface area contributed by atoms with Crippen LogP contribution >= 0.6 is 15.9 Å². The second-order valence-corrected chi connectivity index (χ2v) is 8.97. The Bertz CT molecular complexity index is 671. The number of carbonyl (C=O) groups is 2. The van der Waals surface area contributed by atoms with Crippen LogP contribution < -0.4 is 0 Å². The van der Waals surface area contributed by atoms with Gasteiger partial charge in [-0.3, -0.25) is 9.59 Å². The molecule has 1 N–H and O–H groups in total. The fourth-order valence-electron chi connectivity index (χ4n) is 3.77. The molecular weight excluding hydrogens is 396 g/mol. The normalized spacial score (nSPS) is 23.7. The molecule has 0 bridgehead atoms. The minimum absolute atomic E-state index is 0.0209. The maximum absolute atomic E-state index is 12.8. The number of aliphatic hydroxyl groups excluding tert-OH is 1. The fraction of sp³-hybridized carbons (Fsp3) is 0.600. The molecule has 0 aliphatic carbocycles. The maximum atomic E-state index is 12.8. The number of rotatable bonds is 3. The summed E-state index contributed by atoms with van der Waals surface area (Å²) in [6, 6.07) is 7.61. The zero-order valence-electron chi connectivity index (χ0n) is 16.2. The zero-order valence-corrected chi connectivity index (χ0v) is 17.8. The first kappa shape index (κ1) is 20.9. The molecule has 26 heavy (non-hydrogen) atoms. The van der Waals surface area contributed by atoms with Gasteiger partial charge in [0.15, 0.2) is 0 Å². The van der Waals surface area contributed by atoms with Crippen LogP contribution in [0, 0.1) is 11.3 Å². The third-order valence-electron chi connectivity index (χ3n) is 5.18. The zero-order chi connectivity index (χ0) is 19.6. The number of hydrogen-bond acceptors (Lipinski definition) is 3. The molecule has 2 rings (SSSR count). The highest BCUT2D eigenvalue weighted by Gasteiger charge is 2.42. The lowest BCUT2D eigenvalue weighted by Crippen LogP contribution is -2.56. The lowest BCUT2D eigenvalue weighted by atomic mass is 9.82. The third-order valence-corrected chi connectivity index (χ3v) is 5.90. The summed E-state index contributed by atoms with van der Waals surface area (Å²) in [6.07, 6.45) is 0.603. The topological polar surface area (TPSA) is 60.9 Å². The molecule has 1 aliphatic heterocycles. The van der Waals surface area contributed by atoms with Crippen LogP contribution in [0.3, 0.4) is 0 Å². The molecule has 0 saturated carbocycles. The van der Waals surface area contributed by atoms with Gasteiger partial charge >= 0.3 is 0 Å². The average Bonchev–Trinajstić information content (AvgIpc) is 2.58. The number of nitrogens with zero attached hydrogens (tertiary/aromatic N) is 2. The number of likely N-dealkylation sites (tertiary alicyclic amines) is 1. The van der Waals surface area contributed by atoms with Gasteiger partial charge in [0.2, 0.25) is 11.8 Å². The number of carbonyl (C=O) groups excluding carboxylic acids is 2. The van der Waals surface area contributed by atoms with Gasteiger partial charge in [0.05, 0.1) is 6.04 Å². The van der Waals surface area contributed by atoms with Crippen LogP contribution in [-0.2, 0) is 9.59 Å². The fourth-order valence-corrected chi connectivity index (χ4v) is 4.32. The molecule has 3 atom stereocenters. The minimum atomic E-state index is -0.491. The quantitative estimate of drug-likeness (QED) is 0.809. The van der Waals surface area contributed by atoms with Gasteiger partial charge in [0, 0.05) is 49.0 Å². The summed E-state index contributed by atoms with van der Waals surface area (Å²) in [4.78, 5) is 28.7. The molecule has 1 aromatic rings. The number of halogens is 1. The van der Waals surface area contributed by atoms with E-state index in [4.69, 9.17) is 0 Å². The van der Waals surface area contributed by atoms with Crippen molar-refractivity contribution in [3.05, 3.63) is 34.3 Å². The number of aliphatic hydroxyl groups is 1. The molecule has 1 fully saturated rings. The van der Waals surface area contributed by atoms with Crippen LogP contribution in [0.15, 0.2) is 28.7 Å². The Labute approximate surface area is 164 Å². The largest absolute Gasteiger partial charge is 0.396 e. The smallest absolute Gasteiger partial charge is 0.227 e. The summed E-state index contributed by atoms with van der Waals surface area (Å²) in [5.74, 6) is -0.135. The van der Waals surface area contributed by atoms with Crippen molar-refractivity contribution >= 4 is 27.7 Å². The van der Waals surface area contributed by atoms with E-state index >= 15 is 0 Å². The Hall–Kier alpha value is -1.40. The number of benzene rings is 1. The van der Waals surface area contributed by atoms with Gasteiger partial charge in [0.25, 0.3) is 0 Å². The molecule has 1 saturated heterocycles. The molecule has 1 aliphatic rings. The van der Waals surface area contributed by atoms with Crippen LogP contribution in [-0.4, -0.2) is 53.0 Å². The third kappa shape index (κ3) is 4.29. The van der Waals surface area contributed by atoms with E-state index < -0.39 is 5.41 Å². The summed E-state index contributed by atoms with van der Waals surface area (Å²) in [7, 11) is 1.81. The molecule has 0 spiro atoms.